The van der Waals surface area contributed by atoms with Gasteiger partial charge in [0.25, 0.3) is 0 Å². The van der Waals surface area contributed by atoms with Gasteiger partial charge in [0, 0.05) is 10.9 Å². The first-order valence-electron chi connectivity index (χ1n) is 10.3. The van der Waals surface area contributed by atoms with Crippen LogP contribution >= 0.6 is 11.8 Å². The summed E-state index contributed by atoms with van der Waals surface area (Å²) in [5.41, 5.74) is 3.58. The number of hydrogen-bond acceptors (Lipinski definition) is 3. The Hall–Kier alpha value is -1.55. The molecule has 2 aromatic rings. The van der Waals surface area contributed by atoms with Crippen molar-refractivity contribution in [2.24, 2.45) is 17.8 Å². The number of nitrogens with one attached hydrogen (secondary N) is 1. The predicted molar refractivity (Wildman–Crippen MR) is 111 cm³/mol. The number of amides is 1. The van der Waals surface area contributed by atoms with Crippen molar-refractivity contribution >= 4 is 28.6 Å². The van der Waals surface area contributed by atoms with Crippen LogP contribution in [-0.2, 0) is 4.79 Å². The summed E-state index contributed by atoms with van der Waals surface area (Å²) in [4.78, 5) is 17.6. The van der Waals surface area contributed by atoms with E-state index in [-0.39, 0.29) is 11.4 Å². The predicted octanol–water partition coefficient (Wildman–Crippen LogP) is 5.03. The van der Waals surface area contributed by atoms with Crippen LogP contribution in [0.5, 0.6) is 0 Å². The van der Waals surface area contributed by atoms with Crippen molar-refractivity contribution in [3.63, 3.8) is 0 Å². The molecule has 4 saturated carbocycles. The minimum atomic E-state index is 0.107. The van der Waals surface area contributed by atoms with Gasteiger partial charge in [-0.1, -0.05) is 30.0 Å². The number of pyridine rings is 1. The van der Waals surface area contributed by atoms with Gasteiger partial charge in [0.15, 0.2) is 0 Å². The first-order valence-corrected chi connectivity index (χ1v) is 11.3. The third-order valence-corrected chi connectivity index (χ3v) is 7.93. The summed E-state index contributed by atoms with van der Waals surface area (Å²) in [6.45, 7) is 4.23. The number of fused-ring (bicyclic) bond motifs is 1. The standard InChI is InChI=1S/C23H28N2OS/c1-14-4-3-5-19-15(2)6-21(24-22(14)19)27-13-20(26)25-23-10-16-7-17(11-23)9-18(8-16)12-23/h3-6,16-18H,7-13H2,1-2H3,(H,25,26). The summed E-state index contributed by atoms with van der Waals surface area (Å²) in [5.74, 6) is 3.23. The Labute approximate surface area is 165 Å². The van der Waals surface area contributed by atoms with E-state index in [2.05, 4.69) is 43.4 Å². The van der Waals surface area contributed by atoms with Crippen molar-refractivity contribution in [3.05, 3.63) is 35.4 Å². The first-order chi connectivity index (χ1) is 13.0. The first kappa shape index (κ1) is 17.5. The Morgan fingerprint density at radius 3 is 2.44 bits per heavy atom. The van der Waals surface area contributed by atoms with Crippen LogP contribution in [0, 0.1) is 31.6 Å². The smallest absolute Gasteiger partial charge is 0.230 e. The zero-order chi connectivity index (χ0) is 18.6. The molecule has 4 heteroatoms. The van der Waals surface area contributed by atoms with E-state index in [1.54, 1.807) is 11.8 Å². The highest BCUT2D eigenvalue weighted by Gasteiger charge is 2.51. The van der Waals surface area contributed by atoms with E-state index in [4.69, 9.17) is 4.98 Å². The van der Waals surface area contributed by atoms with Gasteiger partial charge in [-0.15, -0.1) is 0 Å². The maximum atomic E-state index is 12.8. The second-order valence-corrected chi connectivity index (χ2v) is 10.3. The number of rotatable bonds is 4. The highest BCUT2D eigenvalue weighted by atomic mass is 32.2. The van der Waals surface area contributed by atoms with Gasteiger partial charge >= 0.3 is 0 Å². The van der Waals surface area contributed by atoms with E-state index < -0.39 is 0 Å². The molecule has 4 fully saturated rings. The van der Waals surface area contributed by atoms with E-state index in [0.717, 1.165) is 28.3 Å². The highest BCUT2D eigenvalue weighted by Crippen LogP contribution is 2.55. The van der Waals surface area contributed by atoms with Crippen molar-refractivity contribution < 1.29 is 4.79 Å². The van der Waals surface area contributed by atoms with Crippen LogP contribution in [0.3, 0.4) is 0 Å². The number of para-hydroxylation sites is 1. The van der Waals surface area contributed by atoms with E-state index in [0.29, 0.717) is 5.75 Å². The fourth-order valence-electron chi connectivity index (χ4n) is 6.34. The fraction of sp³-hybridized carbons (Fsp3) is 0.565. The number of aromatic nitrogens is 1. The monoisotopic (exact) mass is 380 g/mol. The summed E-state index contributed by atoms with van der Waals surface area (Å²) in [6, 6.07) is 8.42. The largest absolute Gasteiger partial charge is 0.350 e. The molecule has 0 radical (unpaired) electrons. The van der Waals surface area contributed by atoms with E-state index in [1.165, 1.54) is 55.0 Å². The third kappa shape index (κ3) is 3.26. The van der Waals surface area contributed by atoms with Gasteiger partial charge in [0.2, 0.25) is 5.91 Å². The van der Waals surface area contributed by atoms with Gasteiger partial charge in [-0.25, -0.2) is 4.98 Å². The van der Waals surface area contributed by atoms with Gasteiger partial charge in [0.05, 0.1) is 16.3 Å². The Kier molecular flexibility index (Phi) is 4.23. The van der Waals surface area contributed by atoms with Crippen LogP contribution in [-0.4, -0.2) is 22.2 Å². The number of hydrogen-bond donors (Lipinski definition) is 1. The molecule has 0 saturated heterocycles. The minimum absolute atomic E-state index is 0.107. The molecular formula is C23H28N2OS. The molecule has 4 aliphatic carbocycles. The van der Waals surface area contributed by atoms with Crippen molar-refractivity contribution in [3.8, 4) is 0 Å². The lowest BCUT2D eigenvalue weighted by Gasteiger charge is -2.56. The van der Waals surface area contributed by atoms with Crippen molar-refractivity contribution in [1.29, 1.82) is 0 Å². The van der Waals surface area contributed by atoms with Gasteiger partial charge in [-0.3, -0.25) is 4.79 Å². The number of thioether (sulfide) groups is 1. The average molecular weight is 381 g/mol. The molecule has 6 rings (SSSR count). The summed E-state index contributed by atoms with van der Waals surface area (Å²) >= 11 is 1.57. The van der Waals surface area contributed by atoms with E-state index in [9.17, 15) is 4.79 Å². The summed E-state index contributed by atoms with van der Waals surface area (Å²) in [6.07, 6.45) is 7.85. The zero-order valence-corrected chi connectivity index (χ0v) is 17.1. The van der Waals surface area contributed by atoms with Crippen LogP contribution in [0.25, 0.3) is 10.9 Å². The second kappa shape index (κ2) is 6.51. The molecule has 1 aromatic carbocycles. The molecule has 0 spiro atoms. The van der Waals surface area contributed by atoms with Gasteiger partial charge in [0.1, 0.15) is 0 Å². The van der Waals surface area contributed by atoms with Crippen molar-refractivity contribution in [2.75, 3.05) is 5.75 Å². The van der Waals surface area contributed by atoms with Crippen LogP contribution in [0.15, 0.2) is 29.3 Å². The van der Waals surface area contributed by atoms with Gasteiger partial charge in [-0.2, -0.15) is 0 Å². The van der Waals surface area contributed by atoms with E-state index >= 15 is 0 Å². The lowest BCUT2D eigenvalue weighted by atomic mass is 9.53. The van der Waals surface area contributed by atoms with Crippen molar-refractivity contribution in [1.82, 2.24) is 10.3 Å². The topological polar surface area (TPSA) is 42.0 Å². The average Bonchev–Trinajstić information content (AvgIpc) is 2.59. The molecular weight excluding hydrogens is 352 g/mol. The number of benzene rings is 1. The number of nitrogens with zero attached hydrogens (tertiary/aromatic N) is 1. The second-order valence-electron chi connectivity index (χ2n) is 9.28. The number of carbonyl (C=O) groups is 1. The quantitative estimate of drug-likeness (QED) is 0.757. The molecule has 1 aromatic heterocycles. The third-order valence-electron chi connectivity index (χ3n) is 7.02. The maximum absolute atomic E-state index is 12.8. The van der Waals surface area contributed by atoms with Gasteiger partial charge < -0.3 is 5.32 Å². The summed E-state index contributed by atoms with van der Waals surface area (Å²) < 4.78 is 0. The maximum Gasteiger partial charge on any atom is 0.230 e. The van der Waals surface area contributed by atoms with Crippen LogP contribution in [0.4, 0.5) is 0 Å². The summed E-state index contributed by atoms with van der Waals surface area (Å²) in [7, 11) is 0. The van der Waals surface area contributed by atoms with Crippen LogP contribution in [0.2, 0.25) is 0 Å². The number of carbonyl (C=O) groups excluding carboxylic acids is 1. The van der Waals surface area contributed by atoms with Crippen LogP contribution < -0.4 is 5.32 Å². The molecule has 1 N–H and O–H groups in total. The molecule has 0 aliphatic heterocycles. The fourth-order valence-corrected chi connectivity index (χ4v) is 7.11. The molecule has 0 atom stereocenters. The zero-order valence-electron chi connectivity index (χ0n) is 16.3. The molecule has 142 valence electrons. The lowest BCUT2D eigenvalue weighted by molar-refractivity contribution is -0.124. The van der Waals surface area contributed by atoms with E-state index in [1.807, 2.05) is 0 Å². The Morgan fingerprint density at radius 1 is 1.11 bits per heavy atom. The minimum Gasteiger partial charge on any atom is -0.350 e. The molecule has 0 unspecified atom stereocenters. The molecule has 1 heterocycles. The number of aryl methyl sites for hydroxylation is 2. The van der Waals surface area contributed by atoms with Crippen molar-refractivity contribution in [2.45, 2.75) is 62.9 Å². The molecule has 3 nitrogen and oxygen atoms in total. The SMILES string of the molecule is Cc1cc(SCC(=O)NC23CC4CC(CC(C4)C2)C3)nc2c(C)cccc12. The Morgan fingerprint density at radius 2 is 1.78 bits per heavy atom. The Bertz CT molecular complexity index is 871. The lowest BCUT2D eigenvalue weighted by Crippen LogP contribution is -2.60. The normalized spacial score (nSPS) is 31.4. The van der Waals surface area contributed by atoms with Crippen LogP contribution in [0.1, 0.15) is 49.7 Å². The van der Waals surface area contributed by atoms with Gasteiger partial charge in [-0.05, 0) is 87.3 Å². The summed E-state index contributed by atoms with van der Waals surface area (Å²) in [5, 5.41) is 5.63. The molecule has 4 aliphatic rings. The Balaban J connectivity index is 1.27. The molecule has 27 heavy (non-hydrogen) atoms. The highest BCUT2D eigenvalue weighted by molar-refractivity contribution is 7.99. The molecule has 1 amide bonds. The molecule has 4 bridgehead atoms.